The van der Waals surface area contributed by atoms with Crippen LogP contribution >= 0.6 is 27.7 Å². The zero-order chi connectivity index (χ0) is 13.1. The molecule has 0 radical (unpaired) electrons. The molecule has 2 rings (SSSR count). The summed E-state index contributed by atoms with van der Waals surface area (Å²) >= 11 is 4.98. The molecule has 0 amide bonds. The molecule has 0 bridgehead atoms. The van der Waals surface area contributed by atoms with E-state index in [1.165, 1.54) is 17.3 Å². The first-order chi connectivity index (χ1) is 8.58. The zero-order valence-electron chi connectivity index (χ0n) is 10.4. The van der Waals surface area contributed by atoms with Crippen molar-refractivity contribution in [1.29, 1.82) is 0 Å². The number of pyridine rings is 1. The highest BCUT2D eigenvalue weighted by atomic mass is 79.9. The van der Waals surface area contributed by atoms with E-state index in [1.807, 2.05) is 13.0 Å². The Morgan fingerprint density at radius 1 is 1.22 bits per heavy atom. The minimum atomic E-state index is 0.602. The number of hydrogen-bond donors (Lipinski definition) is 1. The van der Waals surface area contributed by atoms with Crippen molar-refractivity contribution in [3.05, 3.63) is 34.1 Å². The molecule has 2 heterocycles. The summed E-state index contributed by atoms with van der Waals surface area (Å²) in [5.41, 5.74) is 2.21. The van der Waals surface area contributed by atoms with Crippen molar-refractivity contribution in [3.63, 3.8) is 0 Å². The molecule has 0 atom stereocenters. The van der Waals surface area contributed by atoms with E-state index >= 15 is 0 Å². The monoisotopic (exact) mass is 324 g/mol. The summed E-state index contributed by atoms with van der Waals surface area (Å²) in [5, 5.41) is 4.72. The maximum atomic E-state index is 4.49. The number of nitrogens with zero attached hydrogens (tertiary/aromatic N) is 3. The van der Waals surface area contributed by atoms with Gasteiger partial charge in [0.05, 0.1) is 4.47 Å². The number of hydrogen-bond acceptors (Lipinski definition) is 5. The number of aromatic nitrogens is 3. The maximum Gasteiger partial charge on any atom is 0.223 e. The van der Waals surface area contributed by atoms with Crippen molar-refractivity contribution in [2.45, 2.75) is 23.9 Å². The van der Waals surface area contributed by atoms with Crippen molar-refractivity contribution in [2.75, 3.05) is 12.4 Å². The van der Waals surface area contributed by atoms with Crippen LogP contribution in [0.25, 0.3) is 0 Å². The summed E-state index contributed by atoms with van der Waals surface area (Å²) in [4.78, 5) is 13.0. The molecule has 0 aliphatic carbocycles. The van der Waals surface area contributed by atoms with Gasteiger partial charge in [-0.15, -0.1) is 0 Å². The first-order valence-corrected chi connectivity index (χ1v) is 7.03. The Kier molecular flexibility index (Phi) is 4.19. The molecule has 18 heavy (non-hydrogen) atoms. The number of halogens is 1. The lowest BCUT2D eigenvalue weighted by Gasteiger charge is -2.06. The topological polar surface area (TPSA) is 50.7 Å². The summed E-state index contributed by atoms with van der Waals surface area (Å²) in [7, 11) is 1.80. The van der Waals surface area contributed by atoms with Crippen LogP contribution in [0, 0.1) is 13.8 Å². The second-order valence-electron chi connectivity index (χ2n) is 3.82. The maximum absolute atomic E-state index is 4.49. The van der Waals surface area contributed by atoms with Crippen LogP contribution in [0.5, 0.6) is 0 Å². The SMILES string of the molecule is CNc1ncc(Br)c(Sc2cc(C)cc(C)n2)n1. The number of rotatable bonds is 3. The quantitative estimate of drug-likeness (QED) is 0.876. The lowest BCUT2D eigenvalue weighted by molar-refractivity contribution is 1.00. The van der Waals surface area contributed by atoms with Crippen LogP contribution in [0.15, 0.2) is 32.9 Å². The van der Waals surface area contributed by atoms with Crippen LogP contribution in [0.3, 0.4) is 0 Å². The molecule has 0 saturated heterocycles. The van der Waals surface area contributed by atoms with Gasteiger partial charge in [0.2, 0.25) is 5.95 Å². The van der Waals surface area contributed by atoms with Gasteiger partial charge >= 0.3 is 0 Å². The Balaban J connectivity index is 2.33. The summed E-state index contributed by atoms with van der Waals surface area (Å²) in [5.74, 6) is 0.602. The Morgan fingerprint density at radius 3 is 2.67 bits per heavy atom. The molecule has 0 aliphatic heterocycles. The third kappa shape index (κ3) is 3.20. The second-order valence-corrected chi connectivity index (χ2v) is 5.69. The van der Waals surface area contributed by atoms with Crippen LogP contribution in [0.1, 0.15) is 11.3 Å². The van der Waals surface area contributed by atoms with Gasteiger partial charge in [0, 0.05) is 18.9 Å². The third-order valence-electron chi connectivity index (χ3n) is 2.21. The average Bonchev–Trinajstić information content (AvgIpc) is 2.30. The third-order valence-corrected chi connectivity index (χ3v) is 3.98. The summed E-state index contributed by atoms with van der Waals surface area (Å²) in [6, 6.07) is 4.10. The molecule has 6 heteroatoms. The Hall–Kier alpha value is -1.14. The fraction of sp³-hybridized carbons (Fsp3) is 0.250. The van der Waals surface area contributed by atoms with E-state index < -0.39 is 0 Å². The zero-order valence-corrected chi connectivity index (χ0v) is 12.8. The highest BCUT2D eigenvalue weighted by Crippen LogP contribution is 2.31. The van der Waals surface area contributed by atoms with Gasteiger partial charge in [-0.25, -0.2) is 15.0 Å². The van der Waals surface area contributed by atoms with Crippen molar-refractivity contribution < 1.29 is 0 Å². The molecule has 0 aliphatic rings. The van der Waals surface area contributed by atoms with Gasteiger partial charge < -0.3 is 5.32 Å². The van der Waals surface area contributed by atoms with E-state index in [1.54, 1.807) is 13.2 Å². The highest BCUT2D eigenvalue weighted by molar-refractivity contribution is 9.10. The molecule has 0 saturated carbocycles. The highest BCUT2D eigenvalue weighted by Gasteiger charge is 2.08. The molecular weight excluding hydrogens is 312 g/mol. The Morgan fingerprint density at radius 2 is 2.00 bits per heavy atom. The van der Waals surface area contributed by atoms with Gasteiger partial charge in [0.25, 0.3) is 0 Å². The molecule has 0 spiro atoms. The van der Waals surface area contributed by atoms with Crippen molar-refractivity contribution in [3.8, 4) is 0 Å². The summed E-state index contributed by atoms with van der Waals surface area (Å²) in [6.45, 7) is 4.05. The first kappa shape index (κ1) is 13.3. The van der Waals surface area contributed by atoms with E-state index in [0.29, 0.717) is 5.95 Å². The van der Waals surface area contributed by atoms with Gasteiger partial charge in [-0.3, -0.25) is 0 Å². The van der Waals surface area contributed by atoms with E-state index in [4.69, 9.17) is 0 Å². The number of aryl methyl sites for hydroxylation is 2. The molecular formula is C12H13BrN4S. The van der Waals surface area contributed by atoms with Crippen LogP contribution in [-0.4, -0.2) is 22.0 Å². The first-order valence-electron chi connectivity index (χ1n) is 5.42. The van der Waals surface area contributed by atoms with Gasteiger partial charge in [-0.2, -0.15) is 0 Å². The predicted octanol–water partition coefficient (Wildman–Crippen LogP) is 3.44. The Labute approximate surface area is 119 Å². The van der Waals surface area contributed by atoms with E-state index in [9.17, 15) is 0 Å². The standard InChI is InChI=1S/C12H13BrN4S/c1-7-4-8(2)16-10(5-7)18-11-9(13)6-15-12(14-3)17-11/h4-6H,1-3H3,(H,14,15,17). The van der Waals surface area contributed by atoms with Crippen molar-refractivity contribution in [1.82, 2.24) is 15.0 Å². The number of nitrogens with one attached hydrogen (secondary N) is 1. The Bertz CT molecular complexity index is 554. The van der Waals surface area contributed by atoms with Gasteiger partial charge in [-0.1, -0.05) is 0 Å². The van der Waals surface area contributed by atoms with Crippen LogP contribution in [0.2, 0.25) is 0 Å². The molecule has 4 nitrogen and oxygen atoms in total. The fourth-order valence-corrected chi connectivity index (χ4v) is 2.85. The average molecular weight is 325 g/mol. The van der Waals surface area contributed by atoms with Crippen LogP contribution in [-0.2, 0) is 0 Å². The van der Waals surface area contributed by atoms with Crippen LogP contribution in [0.4, 0.5) is 5.95 Å². The second kappa shape index (κ2) is 5.67. The van der Waals surface area contributed by atoms with E-state index in [-0.39, 0.29) is 0 Å². The molecule has 0 unspecified atom stereocenters. The largest absolute Gasteiger partial charge is 0.357 e. The van der Waals surface area contributed by atoms with Crippen molar-refractivity contribution >= 4 is 33.6 Å². The smallest absolute Gasteiger partial charge is 0.223 e. The molecule has 2 aromatic heterocycles. The van der Waals surface area contributed by atoms with Gasteiger partial charge in [-0.05, 0) is 59.2 Å². The van der Waals surface area contributed by atoms with Crippen molar-refractivity contribution in [2.24, 2.45) is 0 Å². The predicted molar refractivity (Wildman–Crippen MR) is 77.1 cm³/mol. The summed E-state index contributed by atoms with van der Waals surface area (Å²) < 4.78 is 0.868. The molecule has 1 N–H and O–H groups in total. The van der Waals surface area contributed by atoms with Gasteiger partial charge in [0.1, 0.15) is 10.1 Å². The fourth-order valence-electron chi connectivity index (χ4n) is 1.50. The van der Waals surface area contributed by atoms with Gasteiger partial charge in [0.15, 0.2) is 0 Å². The van der Waals surface area contributed by atoms with Crippen LogP contribution < -0.4 is 5.32 Å². The minimum Gasteiger partial charge on any atom is -0.357 e. The molecule has 0 fully saturated rings. The lowest BCUT2D eigenvalue weighted by atomic mass is 10.3. The number of anilines is 1. The lowest BCUT2D eigenvalue weighted by Crippen LogP contribution is -1.97. The molecule has 94 valence electrons. The molecule has 0 aromatic carbocycles. The minimum absolute atomic E-state index is 0.602. The summed E-state index contributed by atoms with van der Waals surface area (Å²) in [6.07, 6.45) is 1.74. The van der Waals surface area contributed by atoms with E-state index in [0.717, 1.165) is 20.2 Å². The van der Waals surface area contributed by atoms with E-state index in [2.05, 4.69) is 49.2 Å². The normalized spacial score (nSPS) is 10.4. The molecule has 2 aromatic rings.